The summed E-state index contributed by atoms with van der Waals surface area (Å²) in [5.41, 5.74) is 2.96. The molecule has 0 aliphatic rings. The Bertz CT molecular complexity index is 1170. The minimum absolute atomic E-state index is 0.0904. The van der Waals surface area contributed by atoms with Crippen LogP contribution in [0, 0.1) is 12.7 Å². The van der Waals surface area contributed by atoms with E-state index < -0.39 is 0 Å². The van der Waals surface area contributed by atoms with Gasteiger partial charge < -0.3 is 9.73 Å². The Hall–Kier alpha value is -3.39. The molecular weight excluding hydrogens is 427 g/mol. The number of nitrogens with zero attached hydrogens (tertiary/aromatic N) is 3. The maximum Gasteiger partial charge on any atom is 0.230 e. The standard InChI is InChI=1S/C24H23FN4O2S/c1-17-21(12-14-31-17)23-27-28-24(29(23)15-19-5-3-2-4-6-19)32-16-22(30)26-13-11-18-7-9-20(25)10-8-18/h2-10,12,14H,11,13,15-16H2,1H3,(H,26,30). The van der Waals surface area contributed by atoms with Crippen LogP contribution in [0.3, 0.4) is 0 Å². The number of nitrogens with one attached hydrogen (secondary N) is 1. The predicted octanol–water partition coefficient (Wildman–Crippen LogP) is 4.48. The highest BCUT2D eigenvalue weighted by Crippen LogP contribution is 2.27. The topological polar surface area (TPSA) is 72.9 Å². The van der Waals surface area contributed by atoms with Gasteiger partial charge in [0.25, 0.3) is 0 Å². The first kappa shape index (κ1) is 21.8. The zero-order chi connectivity index (χ0) is 22.3. The average molecular weight is 451 g/mol. The SMILES string of the molecule is Cc1occc1-c1nnc(SCC(=O)NCCc2ccc(F)cc2)n1Cc1ccccc1. The number of thioether (sulfide) groups is 1. The highest BCUT2D eigenvalue weighted by atomic mass is 32.2. The first-order chi connectivity index (χ1) is 15.6. The summed E-state index contributed by atoms with van der Waals surface area (Å²) >= 11 is 1.34. The Labute approximate surface area is 189 Å². The molecule has 0 atom stereocenters. The molecule has 2 aromatic carbocycles. The molecule has 1 N–H and O–H groups in total. The molecule has 0 radical (unpaired) electrons. The molecule has 2 heterocycles. The summed E-state index contributed by atoms with van der Waals surface area (Å²) in [5.74, 6) is 1.34. The fourth-order valence-electron chi connectivity index (χ4n) is 3.30. The van der Waals surface area contributed by atoms with E-state index in [1.54, 1.807) is 18.4 Å². The molecule has 32 heavy (non-hydrogen) atoms. The lowest BCUT2D eigenvalue weighted by molar-refractivity contribution is -0.118. The van der Waals surface area contributed by atoms with E-state index in [2.05, 4.69) is 15.5 Å². The maximum absolute atomic E-state index is 13.0. The number of aromatic nitrogens is 3. The number of benzene rings is 2. The van der Waals surface area contributed by atoms with Gasteiger partial charge >= 0.3 is 0 Å². The van der Waals surface area contributed by atoms with Crippen LogP contribution in [0.2, 0.25) is 0 Å². The van der Waals surface area contributed by atoms with E-state index in [-0.39, 0.29) is 17.5 Å². The Morgan fingerprint density at radius 1 is 1.06 bits per heavy atom. The maximum atomic E-state index is 13.0. The van der Waals surface area contributed by atoms with Crippen LogP contribution in [0.5, 0.6) is 0 Å². The van der Waals surface area contributed by atoms with Crippen molar-refractivity contribution in [2.24, 2.45) is 0 Å². The highest BCUT2D eigenvalue weighted by molar-refractivity contribution is 7.99. The molecule has 164 valence electrons. The number of rotatable bonds is 9. The lowest BCUT2D eigenvalue weighted by atomic mass is 10.1. The highest BCUT2D eigenvalue weighted by Gasteiger charge is 2.18. The van der Waals surface area contributed by atoms with Crippen molar-refractivity contribution in [2.45, 2.75) is 25.0 Å². The molecule has 2 aromatic heterocycles. The van der Waals surface area contributed by atoms with Gasteiger partial charge in [-0.1, -0.05) is 54.2 Å². The predicted molar refractivity (Wildman–Crippen MR) is 122 cm³/mol. The number of furan rings is 1. The number of amides is 1. The Morgan fingerprint density at radius 2 is 1.84 bits per heavy atom. The fraction of sp³-hybridized carbons (Fsp3) is 0.208. The molecule has 0 spiro atoms. The van der Waals surface area contributed by atoms with Gasteiger partial charge in [-0.3, -0.25) is 9.36 Å². The molecule has 4 rings (SSSR count). The van der Waals surface area contributed by atoms with Crippen molar-refractivity contribution in [1.82, 2.24) is 20.1 Å². The van der Waals surface area contributed by atoms with Gasteiger partial charge in [0.2, 0.25) is 5.91 Å². The number of carbonyl (C=O) groups excluding carboxylic acids is 1. The zero-order valence-electron chi connectivity index (χ0n) is 17.6. The molecule has 0 unspecified atom stereocenters. The van der Waals surface area contributed by atoms with E-state index in [0.717, 1.165) is 22.5 Å². The molecule has 0 fully saturated rings. The first-order valence-electron chi connectivity index (χ1n) is 10.3. The second-order valence-corrected chi connectivity index (χ2v) is 8.23. The van der Waals surface area contributed by atoms with Crippen LogP contribution in [-0.2, 0) is 17.8 Å². The van der Waals surface area contributed by atoms with Crippen LogP contribution >= 0.6 is 11.8 Å². The van der Waals surface area contributed by atoms with Gasteiger partial charge in [-0.05, 0) is 42.7 Å². The molecule has 0 saturated carbocycles. The van der Waals surface area contributed by atoms with E-state index in [9.17, 15) is 9.18 Å². The Morgan fingerprint density at radius 3 is 2.56 bits per heavy atom. The van der Waals surface area contributed by atoms with Gasteiger partial charge in [-0.25, -0.2) is 4.39 Å². The molecule has 0 aliphatic heterocycles. The smallest absolute Gasteiger partial charge is 0.230 e. The van der Waals surface area contributed by atoms with Crippen molar-refractivity contribution in [3.8, 4) is 11.4 Å². The van der Waals surface area contributed by atoms with Gasteiger partial charge in [-0.15, -0.1) is 10.2 Å². The van der Waals surface area contributed by atoms with Gasteiger partial charge in [-0.2, -0.15) is 0 Å². The minimum Gasteiger partial charge on any atom is -0.469 e. The quantitative estimate of drug-likeness (QED) is 0.381. The van der Waals surface area contributed by atoms with Crippen LogP contribution in [0.4, 0.5) is 4.39 Å². The molecule has 4 aromatic rings. The molecule has 8 heteroatoms. The summed E-state index contributed by atoms with van der Waals surface area (Å²) in [5, 5.41) is 12.3. The van der Waals surface area contributed by atoms with Crippen LogP contribution < -0.4 is 5.32 Å². The molecule has 0 saturated heterocycles. The van der Waals surface area contributed by atoms with E-state index in [1.165, 1.54) is 23.9 Å². The van der Waals surface area contributed by atoms with Crippen molar-refractivity contribution in [3.05, 3.63) is 89.6 Å². The van der Waals surface area contributed by atoms with Crippen LogP contribution in [0.25, 0.3) is 11.4 Å². The number of hydrogen-bond acceptors (Lipinski definition) is 5. The lowest BCUT2D eigenvalue weighted by Crippen LogP contribution is -2.27. The summed E-state index contributed by atoms with van der Waals surface area (Å²) in [6.45, 7) is 2.96. The molecular formula is C24H23FN4O2S. The zero-order valence-corrected chi connectivity index (χ0v) is 18.4. The van der Waals surface area contributed by atoms with Crippen molar-refractivity contribution < 1.29 is 13.6 Å². The summed E-state index contributed by atoms with van der Waals surface area (Å²) in [6.07, 6.45) is 2.28. The van der Waals surface area contributed by atoms with Gasteiger partial charge in [0.1, 0.15) is 11.6 Å². The number of hydrogen-bond donors (Lipinski definition) is 1. The Kier molecular flexibility index (Phi) is 7.01. The average Bonchev–Trinajstić information content (AvgIpc) is 3.40. The third-order valence-electron chi connectivity index (χ3n) is 4.98. The van der Waals surface area contributed by atoms with Gasteiger partial charge in [0.05, 0.1) is 24.1 Å². The summed E-state index contributed by atoms with van der Waals surface area (Å²) in [6, 6.07) is 18.2. The third kappa shape index (κ3) is 5.45. The summed E-state index contributed by atoms with van der Waals surface area (Å²) in [4.78, 5) is 12.4. The van der Waals surface area contributed by atoms with Gasteiger partial charge in [0.15, 0.2) is 11.0 Å². The second kappa shape index (κ2) is 10.3. The van der Waals surface area contributed by atoms with Crippen molar-refractivity contribution in [3.63, 3.8) is 0 Å². The van der Waals surface area contributed by atoms with Crippen molar-refractivity contribution >= 4 is 17.7 Å². The second-order valence-electron chi connectivity index (χ2n) is 7.28. The Balaban J connectivity index is 1.41. The third-order valence-corrected chi connectivity index (χ3v) is 5.95. The van der Waals surface area contributed by atoms with Crippen LogP contribution in [0.15, 0.2) is 76.5 Å². The molecule has 6 nitrogen and oxygen atoms in total. The van der Waals surface area contributed by atoms with E-state index in [0.29, 0.717) is 30.5 Å². The van der Waals surface area contributed by atoms with E-state index in [4.69, 9.17) is 4.42 Å². The number of carbonyl (C=O) groups is 1. The molecule has 0 aliphatic carbocycles. The van der Waals surface area contributed by atoms with E-state index >= 15 is 0 Å². The summed E-state index contributed by atoms with van der Waals surface area (Å²) < 4.78 is 20.4. The van der Waals surface area contributed by atoms with Crippen LogP contribution in [-0.4, -0.2) is 33.0 Å². The fourth-order valence-corrected chi connectivity index (χ4v) is 4.07. The molecule has 0 bridgehead atoms. The van der Waals surface area contributed by atoms with Crippen LogP contribution in [0.1, 0.15) is 16.9 Å². The largest absolute Gasteiger partial charge is 0.469 e. The van der Waals surface area contributed by atoms with Crippen molar-refractivity contribution in [1.29, 1.82) is 0 Å². The number of aryl methyl sites for hydroxylation is 1. The lowest BCUT2D eigenvalue weighted by Gasteiger charge is -2.10. The first-order valence-corrected chi connectivity index (χ1v) is 11.2. The minimum atomic E-state index is -0.265. The molecule has 1 amide bonds. The normalized spacial score (nSPS) is 10.9. The van der Waals surface area contributed by atoms with Gasteiger partial charge in [0, 0.05) is 6.54 Å². The monoisotopic (exact) mass is 450 g/mol. The van der Waals surface area contributed by atoms with E-state index in [1.807, 2.05) is 47.9 Å². The summed E-state index contributed by atoms with van der Waals surface area (Å²) in [7, 11) is 0. The van der Waals surface area contributed by atoms with Crippen molar-refractivity contribution in [2.75, 3.05) is 12.3 Å². The number of halogens is 1.